The van der Waals surface area contributed by atoms with E-state index in [0.717, 1.165) is 22.8 Å². The van der Waals surface area contributed by atoms with Gasteiger partial charge in [0.25, 0.3) is 0 Å². The molecule has 45 heavy (non-hydrogen) atoms. The van der Waals surface area contributed by atoms with Gasteiger partial charge in [0, 0.05) is 33.5 Å². The van der Waals surface area contributed by atoms with Crippen molar-refractivity contribution in [3.63, 3.8) is 0 Å². The van der Waals surface area contributed by atoms with Crippen LogP contribution in [0.5, 0.6) is 0 Å². The van der Waals surface area contributed by atoms with E-state index in [1.54, 1.807) is 0 Å². The van der Waals surface area contributed by atoms with Crippen LogP contribution in [0.15, 0.2) is 188 Å². The van der Waals surface area contributed by atoms with Crippen molar-refractivity contribution in [2.75, 3.05) is 4.90 Å². The Balaban J connectivity index is 1.35. The molecule has 0 saturated heterocycles. The number of anilines is 2. The second kappa shape index (κ2) is 12.4. The zero-order chi connectivity index (χ0) is 30.6. The summed E-state index contributed by atoms with van der Waals surface area (Å²) in [5.74, 6) is 0. The number of rotatable bonds is 8. The zero-order valence-electron chi connectivity index (χ0n) is 25.3. The fraction of sp³-hybridized carbons (Fsp3) is 0.0233. The van der Waals surface area contributed by atoms with E-state index >= 15 is 0 Å². The number of hydrogen-bond acceptors (Lipinski definition) is 1. The molecule has 0 aliphatic carbocycles. The maximum Gasteiger partial charge on any atom is 0.0541 e. The fourth-order valence-electron chi connectivity index (χ4n) is 6.14. The molecular weight excluding hydrogens is 544 g/mol. The third-order valence-electron chi connectivity index (χ3n) is 8.24. The van der Waals surface area contributed by atoms with Gasteiger partial charge >= 0.3 is 0 Å². The van der Waals surface area contributed by atoms with Crippen molar-refractivity contribution in [3.8, 4) is 22.3 Å². The Morgan fingerprint density at radius 2 is 0.911 bits per heavy atom. The molecule has 216 valence electrons. The van der Waals surface area contributed by atoms with Gasteiger partial charge in [0.1, 0.15) is 0 Å². The van der Waals surface area contributed by atoms with Crippen LogP contribution in [-0.4, -0.2) is 4.57 Å². The monoisotopic (exact) mass is 578 g/mol. The summed E-state index contributed by atoms with van der Waals surface area (Å²) >= 11 is 0. The normalized spacial score (nSPS) is 11.8. The SMILES string of the molecule is C=C(/C=C(\C=C/C)n1c2ccccc2c2ccccc21)N(c1ccc(-c2ccccc2)cc1)c1ccc(-c2ccccc2)cc1. The third kappa shape index (κ3) is 5.50. The van der Waals surface area contributed by atoms with Crippen LogP contribution in [0.3, 0.4) is 0 Å². The van der Waals surface area contributed by atoms with Crippen molar-refractivity contribution in [3.05, 3.63) is 188 Å². The largest absolute Gasteiger partial charge is 0.311 e. The molecule has 7 rings (SSSR count). The van der Waals surface area contributed by atoms with Crippen molar-refractivity contribution in [2.24, 2.45) is 0 Å². The van der Waals surface area contributed by atoms with Crippen LogP contribution >= 0.6 is 0 Å². The second-order valence-corrected chi connectivity index (χ2v) is 11.1. The van der Waals surface area contributed by atoms with E-state index in [2.05, 4.69) is 199 Å². The molecule has 0 fully saturated rings. The minimum atomic E-state index is 0.866. The molecule has 6 aromatic carbocycles. The summed E-state index contributed by atoms with van der Waals surface area (Å²) in [6.07, 6.45) is 6.45. The Labute approximate surface area is 265 Å². The average Bonchev–Trinajstić information content (AvgIpc) is 3.44. The highest BCUT2D eigenvalue weighted by Gasteiger charge is 2.16. The van der Waals surface area contributed by atoms with E-state index in [4.69, 9.17) is 0 Å². The summed E-state index contributed by atoms with van der Waals surface area (Å²) in [5.41, 5.74) is 11.1. The van der Waals surface area contributed by atoms with Gasteiger partial charge in [0.05, 0.1) is 11.0 Å². The number of benzene rings is 6. The fourth-order valence-corrected chi connectivity index (χ4v) is 6.14. The van der Waals surface area contributed by atoms with Crippen LogP contribution in [-0.2, 0) is 0 Å². The summed E-state index contributed by atoms with van der Waals surface area (Å²) in [6.45, 7) is 6.73. The number of para-hydroxylation sites is 2. The lowest BCUT2D eigenvalue weighted by atomic mass is 10.0. The molecule has 0 atom stereocenters. The molecule has 2 nitrogen and oxygen atoms in total. The highest BCUT2D eigenvalue weighted by atomic mass is 15.1. The maximum absolute atomic E-state index is 4.66. The minimum absolute atomic E-state index is 0.866. The first-order chi connectivity index (χ1) is 22.2. The van der Waals surface area contributed by atoms with E-state index < -0.39 is 0 Å². The molecule has 7 aromatic rings. The van der Waals surface area contributed by atoms with E-state index in [1.165, 1.54) is 44.1 Å². The molecule has 0 unspecified atom stereocenters. The molecule has 0 amide bonds. The summed E-state index contributed by atoms with van der Waals surface area (Å²) < 4.78 is 2.34. The quantitative estimate of drug-likeness (QED) is 0.163. The standard InChI is InChI=1S/C43H34N2/c1-3-14-39(45-42-21-12-10-19-40(42)41-20-11-13-22-43(41)45)31-32(2)44(37-27-23-35(24-28-37)33-15-6-4-7-16-33)38-29-25-36(26-30-38)34-17-8-5-9-18-34/h3-31H,2H2,1H3/b14-3-,39-31+. The van der Waals surface area contributed by atoms with Gasteiger partial charge in [-0.3, -0.25) is 0 Å². The number of hydrogen-bond donors (Lipinski definition) is 0. The Bertz CT molecular complexity index is 2010. The Hall–Kier alpha value is -5.86. The Morgan fingerprint density at radius 1 is 0.511 bits per heavy atom. The molecular formula is C43H34N2. The topological polar surface area (TPSA) is 8.17 Å². The molecule has 0 saturated carbocycles. The lowest BCUT2D eigenvalue weighted by molar-refractivity contribution is 1.19. The van der Waals surface area contributed by atoms with Gasteiger partial charge in [-0.25, -0.2) is 0 Å². The van der Waals surface area contributed by atoms with E-state index in [0.29, 0.717) is 0 Å². The van der Waals surface area contributed by atoms with Crippen LogP contribution < -0.4 is 4.90 Å². The Kier molecular flexibility index (Phi) is 7.70. The van der Waals surface area contributed by atoms with Crippen LogP contribution in [0.2, 0.25) is 0 Å². The van der Waals surface area contributed by atoms with Crippen molar-refractivity contribution in [1.82, 2.24) is 4.57 Å². The third-order valence-corrected chi connectivity index (χ3v) is 8.24. The number of nitrogens with zero attached hydrogens (tertiary/aromatic N) is 2. The van der Waals surface area contributed by atoms with Crippen molar-refractivity contribution < 1.29 is 0 Å². The van der Waals surface area contributed by atoms with E-state index in [1.807, 2.05) is 0 Å². The molecule has 1 heterocycles. The first kappa shape index (κ1) is 27.9. The van der Waals surface area contributed by atoms with Crippen LogP contribution in [0, 0.1) is 0 Å². The van der Waals surface area contributed by atoms with Gasteiger partial charge < -0.3 is 9.47 Å². The van der Waals surface area contributed by atoms with Crippen LogP contribution in [0.4, 0.5) is 11.4 Å². The molecule has 0 bridgehead atoms. The number of aromatic nitrogens is 1. The van der Waals surface area contributed by atoms with Gasteiger partial charge in [-0.1, -0.05) is 134 Å². The van der Waals surface area contributed by atoms with E-state index in [-0.39, 0.29) is 0 Å². The van der Waals surface area contributed by atoms with Gasteiger partial charge in [-0.05, 0) is 77.7 Å². The van der Waals surface area contributed by atoms with Crippen LogP contribution in [0.1, 0.15) is 6.92 Å². The average molecular weight is 579 g/mol. The zero-order valence-corrected chi connectivity index (χ0v) is 25.3. The molecule has 0 aliphatic rings. The van der Waals surface area contributed by atoms with Gasteiger partial charge in [0.15, 0.2) is 0 Å². The summed E-state index contributed by atoms with van der Waals surface area (Å²) in [5, 5.41) is 2.47. The summed E-state index contributed by atoms with van der Waals surface area (Å²) in [6, 6.07) is 55.7. The van der Waals surface area contributed by atoms with Crippen molar-refractivity contribution in [1.29, 1.82) is 0 Å². The highest BCUT2D eigenvalue weighted by Crippen LogP contribution is 2.36. The minimum Gasteiger partial charge on any atom is -0.311 e. The second-order valence-electron chi connectivity index (χ2n) is 11.1. The predicted molar refractivity (Wildman–Crippen MR) is 194 cm³/mol. The van der Waals surface area contributed by atoms with Crippen molar-refractivity contribution >= 4 is 38.9 Å². The lowest BCUT2D eigenvalue weighted by Crippen LogP contribution is -2.15. The molecule has 0 radical (unpaired) electrons. The van der Waals surface area contributed by atoms with Gasteiger partial charge in [-0.15, -0.1) is 0 Å². The maximum atomic E-state index is 4.66. The number of fused-ring (bicyclic) bond motifs is 3. The van der Waals surface area contributed by atoms with Crippen molar-refractivity contribution in [2.45, 2.75) is 6.92 Å². The molecule has 1 aromatic heterocycles. The summed E-state index contributed by atoms with van der Waals surface area (Å²) in [7, 11) is 0. The molecule has 0 N–H and O–H groups in total. The summed E-state index contributed by atoms with van der Waals surface area (Å²) in [4.78, 5) is 2.24. The van der Waals surface area contributed by atoms with E-state index in [9.17, 15) is 0 Å². The molecule has 2 heteroatoms. The predicted octanol–water partition coefficient (Wildman–Crippen LogP) is 11.9. The van der Waals surface area contributed by atoms with Gasteiger partial charge in [0.2, 0.25) is 0 Å². The molecule has 0 aliphatic heterocycles. The lowest BCUT2D eigenvalue weighted by Gasteiger charge is -2.27. The highest BCUT2D eigenvalue weighted by molar-refractivity contribution is 6.10. The molecule has 0 spiro atoms. The first-order valence-corrected chi connectivity index (χ1v) is 15.3. The van der Waals surface area contributed by atoms with Gasteiger partial charge in [-0.2, -0.15) is 0 Å². The first-order valence-electron chi connectivity index (χ1n) is 15.3. The van der Waals surface area contributed by atoms with Crippen LogP contribution in [0.25, 0.3) is 49.8 Å². The Morgan fingerprint density at radius 3 is 1.36 bits per heavy atom. The smallest absolute Gasteiger partial charge is 0.0541 e. The number of allylic oxidation sites excluding steroid dienone is 4.